The first-order valence-electron chi connectivity index (χ1n) is 8.42. The second-order valence-corrected chi connectivity index (χ2v) is 6.15. The minimum Gasteiger partial charge on any atom is -0.467 e. The highest BCUT2D eigenvalue weighted by Crippen LogP contribution is 2.32. The molecule has 130 valence electrons. The molecule has 3 aromatic rings. The molecule has 26 heavy (non-hydrogen) atoms. The van der Waals surface area contributed by atoms with E-state index in [0.717, 1.165) is 22.3 Å². The molecule has 0 saturated carbocycles. The van der Waals surface area contributed by atoms with Crippen LogP contribution in [0, 0.1) is 0 Å². The average molecular weight is 347 g/mol. The lowest BCUT2D eigenvalue weighted by Crippen LogP contribution is -2.16. The topological polar surface area (TPSA) is 60.5 Å². The number of benzene rings is 2. The van der Waals surface area contributed by atoms with Crippen LogP contribution in [-0.4, -0.2) is 23.6 Å². The van der Waals surface area contributed by atoms with E-state index in [2.05, 4.69) is 9.98 Å². The smallest absolute Gasteiger partial charge is 0.217 e. The highest BCUT2D eigenvalue weighted by Gasteiger charge is 2.32. The number of nitrogens with zero attached hydrogens (tertiary/aromatic N) is 2. The summed E-state index contributed by atoms with van der Waals surface area (Å²) in [4.78, 5) is 8.53. The summed E-state index contributed by atoms with van der Waals surface area (Å²) in [6.45, 7) is -0.565. The number of hydrogen-bond acceptors (Lipinski definition) is 4. The van der Waals surface area contributed by atoms with E-state index in [1.165, 1.54) is 0 Å². The van der Waals surface area contributed by atoms with E-state index in [1.54, 1.807) is 12.3 Å². The van der Waals surface area contributed by atoms with Crippen LogP contribution in [0.4, 0.5) is 10.2 Å². The van der Waals surface area contributed by atoms with Crippen LogP contribution in [0.1, 0.15) is 17.2 Å². The van der Waals surface area contributed by atoms with Crippen LogP contribution >= 0.6 is 0 Å². The van der Waals surface area contributed by atoms with E-state index in [9.17, 15) is 4.39 Å². The average Bonchev–Trinajstić information content (AvgIpc) is 3.14. The molecule has 2 aromatic carbocycles. The molecule has 0 unspecified atom stereocenters. The zero-order valence-corrected chi connectivity index (χ0v) is 14.0. The van der Waals surface area contributed by atoms with Crippen molar-refractivity contribution >= 4 is 11.7 Å². The number of pyridine rings is 1. The van der Waals surface area contributed by atoms with Crippen molar-refractivity contribution in [2.24, 2.45) is 4.99 Å². The SMILES string of the molecule is Nc1ccc(-c2ccc([C@H]3OC(c4ccccc4)=N[C@@H]3CF)cc2)cn1. The molecule has 1 aliphatic rings. The molecular formula is C21H18FN3O. The molecule has 4 rings (SSSR count). The zero-order valence-electron chi connectivity index (χ0n) is 14.0. The van der Waals surface area contributed by atoms with E-state index in [0.29, 0.717) is 11.7 Å². The molecule has 0 aliphatic carbocycles. The molecule has 0 amide bonds. The lowest BCUT2D eigenvalue weighted by atomic mass is 10.00. The van der Waals surface area contributed by atoms with Gasteiger partial charge in [-0.05, 0) is 35.4 Å². The lowest BCUT2D eigenvalue weighted by Gasteiger charge is -2.16. The standard InChI is InChI=1S/C21H18FN3O/c22-12-18-20(26-21(25-18)16-4-2-1-3-5-16)15-8-6-14(7-9-15)17-10-11-19(23)24-13-17/h1-11,13,18,20H,12H2,(H2,23,24)/t18-,20-/m1/s1. The minimum absolute atomic E-state index is 0.422. The third-order valence-electron chi connectivity index (χ3n) is 4.41. The van der Waals surface area contributed by atoms with Crippen molar-refractivity contribution < 1.29 is 9.13 Å². The Morgan fingerprint density at radius 3 is 2.27 bits per heavy atom. The summed E-state index contributed by atoms with van der Waals surface area (Å²) < 4.78 is 19.5. The lowest BCUT2D eigenvalue weighted by molar-refractivity contribution is 0.181. The molecule has 2 atom stereocenters. The number of hydrogen-bond donors (Lipinski definition) is 1. The molecule has 0 spiro atoms. The van der Waals surface area contributed by atoms with Gasteiger partial charge < -0.3 is 10.5 Å². The fourth-order valence-electron chi connectivity index (χ4n) is 3.02. The van der Waals surface area contributed by atoms with E-state index in [1.807, 2.05) is 60.7 Å². The highest BCUT2D eigenvalue weighted by molar-refractivity contribution is 5.95. The van der Waals surface area contributed by atoms with Gasteiger partial charge in [0.25, 0.3) is 0 Å². The predicted molar refractivity (Wildman–Crippen MR) is 101 cm³/mol. The third-order valence-corrected chi connectivity index (χ3v) is 4.41. The molecule has 0 radical (unpaired) electrons. The minimum atomic E-state index is -0.565. The Kier molecular flexibility index (Phi) is 4.35. The van der Waals surface area contributed by atoms with Gasteiger partial charge in [-0.15, -0.1) is 0 Å². The summed E-state index contributed by atoms with van der Waals surface area (Å²) in [7, 11) is 0. The fraction of sp³-hybridized carbons (Fsp3) is 0.143. The number of nitrogen functional groups attached to an aromatic ring is 1. The van der Waals surface area contributed by atoms with Crippen molar-refractivity contribution in [3.05, 3.63) is 84.1 Å². The summed E-state index contributed by atoms with van der Waals surface area (Å²) in [5.41, 5.74) is 9.37. The first kappa shape index (κ1) is 16.3. The summed E-state index contributed by atoms with van der Waals surface area (Å²) in [6, 6.07) is 20.6. The van der Waals surface area contributed by atoms with Crippen molar-refractivity contribution in [2.45, 2.75) is 12.1 Å². The zero-order chi connectivity index (χ0) is 17.9. The maximum absolute atomic E-state index is 13.5. The number of aromatic nitrogens is 1. The Balaban J connectivity index is 1.57. The van der Waals surface area contributed by atoms with E-state index in [-0.39, 0.29) is 0 Å². The molecular weight excluding hydrogens is 329 g/mol. The van der Waals surface area contributed by atoms with Crippen LogP contribution in [0.25, 0.3) is 11.1 Å². The number of alkyl halides is 1. The van der Waals surface area contributed by atoms with Gasteiger partial charge in [0.1, 0.15) is 18.5 Å². The van der Waals surface area contributed by atoms with Crippen molar-refractivity contribution in [2.75, 3.05) is 12.4 Å². The van der Waals surface area contributed by atoms with Gasteiger partial charge in [-0.2, -0.15) is 0 Å². The summed E-state index contributed by atoms with van der Waals surface area (Å²) in [5.74, 6) is 0.978. The quantitative estimate of drug-likeness (QED) is 0.770. The van der Waals surface area contributed by atoms with Crippen LogP contribution < -0.4 is 5.73 Å². The largest absolute Gasteiger partial charge is 0.467 e. The van der Waals surface area contributed by atoms with Gasteiger partial charge in [0.2, 0.25) is 5.90 Å². The van der Waals surface area contributed by atoms with Gasteiger partial charge in [0, 0.05) is 17.3 Å². The van der Waals surface area contributed by atoms with Gasteiger partial charge in [-0.25, -0.2) is 14.4 Å². The van der Waals surface area contributed by atoms with E-state index < -0.39 is 18.8 Å². The van der Waals surface area contributed by atoms with Gasteiger partial charge in [-0.1, -0.05) is 42.5 Å². The number of ether oxygens (including phenoxy) is 1. The molecule has 1 aromatic heterocycles. The molecule has 4 nitrogen and oxygen atoms in total. The molecule has 5 heteroatoms. The maximum atomic E-state index is 13.5. The van der Waals surface area contributed by atoms with Crippen LogP contribution in [0.15, 0.2) is 77.9 Å². The number of nitrogens with two attached hydrogens (primary N) is 1. The fourth-order valence-corrected chi connectivity index (χ4v) is 3.02. The van der Waals surface area contributed by atoms with Gasteiger partial charge in [0.15, 0.2) is 6.10 Å². The third kappa shape index (κ3) is 3.16. The number of rotatable bonds is 4. The summed E-state index contributed by atoms with van der Waals surface area (Å²) in [5, 5.41) is 0. The van der Waals surface area contributed by atoms with Gasteiger partial charge in [0.05, 0.1) is 0 Å². The molecule has 2 N–H and O–H groups in total. The Bertz CT molecular complexity index is 908. The van der Waals surface area contributed by atoms with Crippen LogP contribution in [0.3, 0.4) is 0 Å². The first-order valence-corrected chi connectivity index (χ1v) is 8.42. The molecule has 0 saturated heterocycles. The Labute approximate surface area is 151 Å². The Hall–Kier alpha value is -3.21. The second-order valence-electron chi connectivity index (χ2n) is 6.15. The maximum Gasteiger partial charge on any atom is 0.217 e. The van der Waals surface area contributed by atoms with Crippen LogP contribution in [-0.2, 0) is 4.74 Å². The van der Waals surface area contributed by atoms with Crippen LogP contribution in [0.2, 0.25) is 0 Å². The first-order chi connectivity index (χ1) is 12.7. The van der Waals surface area contributed by atoms with E-state index >= 15 is 0 Å². The Morgan fingerprint density at radius 1 is 0.885 bits per heavy atom. The monoisotopic (exact) mass is 347 g/mol. The van der Waals surface area contributed by atoms with Crippen molar-refractivity contribution in [1.82, 2.24) is 4.98 Å². The van der Waals surface area contributed by atoms with Gasteiger partial charge in [-0.3, -0.25) is 0 Å². The van der Waals surface area contributed by atoms with Gasteiger partial charge >= 0.3 is 0 Å². The number of aliphatic imine (C=N–C) groups is 1. The highest BCUT2D eigenvalue weighted by atomic mass is 19.1. The summed E-state index contributed by atoms with van der Waals surface area (Å²) >= 11 is 0. The summed E-state index contributed by atoms with van der Waals surface area (Å²) in [6.07, 6.45) is 1.31. The van der Waals surface area contributed by atoms with Crippen molar-refractivity contribution in [1.29, 1.82) is 0 Å². The molecule has 1 aliphatic heterocycles. The normalized spacial score (nSPS) is 19.0. The van der Waals surface area contributed by atoms with Crippen molar-refractivity contribution in [3.63, 3.8) is 0 Å². The second kappa shape index (κ2) is 6.96. The molecule has 0 fully saturated rings. The number of halogens is 1. The van der Waals surface area contributed by atoms with Crippen molar-refractivity contribution in [3.8, 4) is 11.1 Å². The molecule has 0 bridgehead atoms. The predicted octanol–water partition coefficient (Wildman–Crippen LogP) is 4.19. The molecule has 2 heterocycles. The Morgan fingerprint density at radius 2 is 1.62 bits per heavy atom. The van der Waals surface area contributed by atoms with Crippen LogP contribution in [0.5, 0.6) is 0 Å². The van der Waals surface area contributed by atoms with E-state index in [4.69, 9.17) is 10.5 Å². The number of anilines is 1.